The number of aliphatic hydroxyl groups excluding tert-OH is 1. The zero-order chi connectivity index (χ0) is 20.2. The van der Waals surface area contributed by atoms with Crippen LogP contribution in [0.25, 0.3) is 0 Å². The van der Waals surface area contributed by atoms with Crippen molar-refractivity contribution in [2.75, 3.05) is 19.8 Å². The highest BCUT2D eigenvalue weighted by Crippen LogP contribution is 2.32. The molecule has 0 heterocycles. The van der Waals surface area contributed by atoms with Crippen LogP contribution in [-0.2, 0) is 14.3 Å². The Labute approximate surface area is 158 Å². The van der Waals surface area contributed by atoms with Gasteiger partial charge in [-0.15, -0.1) is 0 Å². The van der Waals surface area contributed by atoms with Crippen molar-refractivity contribution < 1.29 is 19.4 Å². The molecule has 1 unspecified atom stereocenters. The highest BCUT2D eigenvalue weighted by atomic mass is 16.5. The number of esters is 1. The minimum Gasteiger partial charge on any atom is -0.496 e. The maximum atomic E-state index is 10.9. The van der Waals surface area contributed by atoms with E-state index < -0.39 is 0 Å². The Bertz CT molecular complexity index is 527. The summed E-state index contributed by atoms with van der Waals surface area (Å²) in [6.07, 6.45) is 7.97. The second-order valence-corrected chi connectivity index (χ2v) is 8.01. The monoisotopic (exact) mass is 365 g/mol. The van der Waals surface area contributed by atoms with Gasteiger partial charge in [-0.05, 0) is 29.2 Å². The standard InChI is InChI=1S/C21H35NO4/c1-17(21(5,6)11-14-25-18(2)24)8-7-9-19(26-15-13-23)16-20(3,4)10-12-22/h7-8,16-17,23H,9-11,13-15H2,1-6H3/b8-7+,19-16-. The minimum absolute atomic E-state index is 0.00185. The average Bonchev–Trinajstić information content (AvgIpc) is 2.51. The predicted molar refractivity (Wildman–Crippen MR) is 103 cm³/mol. The summed E-state index contributed by atoms with van der Waals surface area (Å²) in [5.41, 5.74) is -0.274. The number of hydrogen-bond donors (Lipinski definition) is 1. The van der Waals surface area contributed by atoms with E-state index in [1.807, 2.05) is 19.9 Å². The zero-order valence-corrected chi connectivity index (χ0v) is 17.2. The van der Waals surface area contributed by atoms with E-state index in [0.29, 0.717) is 25.4 Å². The maximum Gasteiger partial charge on any atom is 0.302 e. The van der Waals surface area contributed by atoms with Crippen molar-refractivity contribution in [1.29, 1.82) is 5.26 Å². The van der Waals surface area contributed by atoms with Crippen molar-refractivity contribution in [3.8, 4) is 6.07 Å². The number of carbonyl (C=O) groups is 1. The second-order valence-electron chi connectivity index (χ2n) is 8.01. The van der Waals surface area contributed by atoms with Gasteiger partial charge in [-0.3, -0.25) is 4.79 Å². The summed E-state index contributed by atoms with van der Waals surface area (Å²) < 4.78 is 10.7. The third kappa shape index (κ3) is 10.9. The lowest BCUT2D eigenvalue weighted by Gasteiger charge is -2.29. The van der Waals surface area contributed by atoms with Crippen LogP contribution < -0.4 is 0 Å². The van der Waals surface area contributed by atoms with Crippen LogP contribution in [0.15, 0.2) is 24.0 Å². The van der Waals surface area contributed by atoms with Crippen LogP contribution >= 0.6 is 0 Å². The van der Waals surface area contributed by atoms with Crippen molar-refractivity contribution in [1.82, 2.24) is 0 Å². The highest BCUT2D eigenvalue weighted by molar-refractivity contribution is 5.65. The molecule has 0 aromatic heterocycles. The van der Waals surface area contributed by atoms with Crippen molar-refractivity contribution in [2.24, 2.45) is 16.7 Å². The molecule has 0 spiro atoms. The molecule has 26 heavy (non-hydrogen) atoms. The molecule has 0 fully saturated rings. The molecule has 5 heteroatoms. The first-order valence-corrected chi connectivity index (χ1v) is 9.16. The summed E-state index contributed by atoms with van der Waals surface area (Å²) in [5, 5.41) is 17.9. The quantitative estimate of drug-likeness (QED) is 0.315. The zero-order valence-electron chi connectivity index (χ0n) is 17.2. The van der Waals surface area contributed by atoms with Gasteiger partial charge >= 0.3 is 5.97 Å². The Kier molecular flexibility index (Phi) is 10.9. The molecule has 1 N–H and O–H groups in total. The van der Waals surface area contributed by atoms with Gasteiger partial charge in [-0.2, -0.15) is 5.26 Å². The molecule has 5 nitrogen and oxygen atoms in total. The molecular weight excluding hydrogens is 330 g/mol. The lowest BCUT2D eigenvalue weighted by atomic mass is 9.77. The molecule has 0 aliphatic carbocycles. The Morgan fingerprint density at radius 2 is 1.88 bits per heavy atom. The van der Waals surface area contributed by atoms with Gasteiger partial charge in [0.25, 0.3) is 0 Å². The first-order chi connectivity index (χ1) is 12.0. The SMILES string of the molecule is CC(=O)OCCC(C)(C)C(C)/C=C/C/C(=C/C(C)(C)CC#N)OCCO. The molecule has 148 valence electrons. The van der Waals surface area contributed by atoms with Crippen LogP contribution in [0.1, 0.15) is 60.8 Å². The van der Waals surface area contributed by atoms with Gasteiger partial charge in [0.05, 0.1) is 25.0 Å². The molecule has 0 saturated heterocycles. The molecule has 0 amide bonds. The topological polar surface area (TPSA) is 79.6 Å². The van der Waals surface area contributed by atoms with Crippen LogP contribution in [0, 0.1) is 28.1 Å². The van der Waals surface area contributed by atoms with E-state index in [2.05, 4.69) is 39.0 Å². The van der Waals surface area contributed by atoms with E-state index in [1.165, 1.54) is 6.92 Å². The number of rotatable bonds is 12. The first kappa shape index (κ1) is 24.2. The summed E-state index contributed by atoms with van der Waals surface area (Å²) in [6, 6.07) is 2.19. The van der Waals surface area contributed by atoms with Crippen LogP contribution in [0.5, 0.6) is 0 Å². The van der Waals surface area contributed by atoms with Gasteiger partial charge in [0.2, 0.25) is 0 Å². The van der Waals surface area contributed by atoms with Gasteiger partial charge in [0.1, 0.15) is 6.61 Å². The van der Waals surface area contributed by atoms with Crippen LogP contribution in [0.3, 0.4) is 0 Å². The predicted octanol–water partition coefficient (Wildman–Crippen LogP) is 4.38. The summed E-state index contributed by atoms with van der Waals surface area (Å²) >= 11 is 0. The van der Waals surface area contributed by atoms with Gasteiger partial charge < -0.3 is 14.6 Å². The van der Waals surface area contributed by atoms with Crippen LogP contribution in [0.4, 0.5) is 0 Å². The van der Waals surface area contributed by atoms with E-state index in [4.69, 9.17) is 19.8 Å². The smallest absolute Gasteiger partial charge is 0.302 e. The van der Waals surface area contributed by atoms with Gasteiger partial charge in [0, 0.05) is 19.8 Å². The highest BCUT2D eigenvalue weighted by Gasteiger charge is 2.24. The fourth-order valence-corrected chi connectivity index (χ4v) is 2.36. The maximum absolute atomic E-state index is 10.9. The summed E-state index contributed by atoms with van der Waals surface area (Å²) in [4.78, 5) is 10.9. The van der Waals surface area contributed by atoms with Crippen molar-refractivity contribution in [3.63, 3.8) is 0 Å². The van der Waals surface area contributed by atoms with Crippen LogP contribution in [-0.4, -0.2) is 30.9 Å². The number of ether oxygens (including phenoxy) is 2. The Morgan fingerprint density at radius 1 is 1.23 bits per heavy atom. The van der Waals surface area contributed by atoms with E-state index >= 15 is 0 Å². The van der Waals surface area contributed by atoms with E-state index in [9.17, 15) is 4.79 Å². The number of hydrogen-bond acceptors (Lipinski definition) is 5. The molecule has 0 radical (unpaired) electrons. The molecule has 0 bridgehead atoms. The minimum atomic E-state index is -0.276. The normalized spacial score (nSPS) is 14.2. The Morgan fingerprint density at radius 3 is 2.42 bits per heavy atom. The lowest BCUT2D eigenvalue weighted by Crippen LogP contribution is -2.22. The molecule has 0 aliphatic rings. The molecule has 0 aromatic rings. The molecule has 0 rings (SSSR count). The van der Waals surface area contributed by atoms with Crippen LogP contribution in [0.2, 0.25) is 0 Å². The van der Waals surface area contributed by atoms with Gasteiger partial charge in [0.15, 0.2) is 0 Å². The molecule has 0 saturated carbocycles. The largest absolute Gasteiger partial charge is 0.496 e. The fraction of sp³-hybridized carbons (Fsp3) is 0.714. The number of allylic oxidation sites excluding steroid dienone is 3. The van der Waals surface area contributed by atoms with Crippen molar-refractivity contribution in [2.45, 2.75) is 60.8 Å². The summed E-state index contributed by atoms with van der Waals surface area (Å²) in [6.45, 7) is 12.5. The number of carbonyl (C=O) groups excluding carboxylic acids is 1. The molecule has 1 atom stereocenters. The fourth-order valence-electron chi connectivity index (χ4n) is 2.36. The lowest BCUT2D eigenvalue weighted by molar-refractivity contribution is -0.141. The number of nitrogens with zero attached hydrogens (tertiary/aromatic N) is 1. The molecule has 0 aromatic carbocycles. The van der Waals surface area contributed by atoms with E-state index in [0.717, 1.165) is 12.2 Å². The summed E-state index contributed by atoms with van der Waals surface area (Å²) in [5.74, 6) is 0.810. The van der Waals surface area contributed by atoms with E-state index in [-0.39, 0.29) is 30.0 Å². The number of nitriles is 1. The Balaban J connectivity index is 4.85. The van der Waals surface area contributed by atoms with Gasteiger partial charge in [-0.1, -0.05) is 46.8 Å². The van der Waals surface area contributed by atoms with Crippen molar-refractivity contribution in [3.05, 3.63) is 24.0 Å². The molecular formula is C21H35NO4. The second kappa shape index (κ2) is 11.7. The molecule has 0 aliphatic heterocycles. The Hall–Kier alpha value is -1.80. The van der Waals surface area contributed by atoms with Crippen molar-refractivity contribution >= 4 is 5.97 Å². The first-order valence-electron chi connectivity index (χ1n) is 9.16. The third-order valence-electron chi connectivity index (χ3n) is 4.49. The number of aliphatic hydroxyl groups is 1. The third-order valence-corrected chi connectivity index (χ3v) is 4.49. The summed E-state index contributed by atoms with van der Waals surface area (Å²) in [7, 11) is 0. The van der Waals surface area contributed by atoms with Gasteiger partial charge in [-0.25, -0.2) is 0 Å². The average molecular weight is 366 g/mol. The van der Waals surface area contributed by atoms with E-state index in [1.54, 1.807) is 0 Å².